The van der Waals surface area contributed by atoms with Gasteiger partial charge in [-0.25, -0.2) is 0 Å². The van der Waals surface area contributed by atoms with Gasteiger partial charge in [0.05, 0.1) is 13.2 Å². The molecule has 20 heavy (non-hydrogen) atoms. The largest absolute Gasteiger partial charge is 0.494 e. The van der Waals surface area contributed by atoms with Crippen molar-refractivity contribution in [1.82, 2.24) is 0 Å². The van der Waals surface area contributed by atoms with Gasteiger partial charge in [-0.05, 0) is 41.9 Å². The number of rotatable bonds is 9. The zero-order chi connectivity index (χ0) is 15.0. The minimum Gasteiger partial charge on any atom is -0.494 e. The standard InChI is InChI=1S/C18H30O2/c1-5-15(13-18(3,4)6-2)10-11-20-17-9-7-8-16(12-17)14-19/h7-9,12,15,19H,5-6,10-11,13-14H2,1-4H3. The van der Waals surface area contributed by atoms with Gasteiger partial charge in [-0.15, -0.1) is 0 Å². The molecule has 0 fully saturated rings. The molecule has 1 unspecified atom stereocenters. The van der Waals surface area contributed by atoms with Crippen molar-refractivity contribution in [2.75, 3.05) is 6.61 Å². The van der Waals surface area contributed by atoms with E-state index in [0.29, 0.717) is 5.41 Å². The summed E-state index contributed by atoms with van der Waals surface area (Å²) in [4.78, 5) is 0. The van der Waals surface area contributed by atoms with E-state index in [4.69, 9.17) is 9.84 Å². The second-order valence-electron chi connectivity index (χ2n) is 6.44. The zero-order valence-electron chi connectivity index (χ0n) is 13.5. The van der Waals surface area contributed by atoms with Gasteiger partial charge in [0, 0.05) is 0 Å². The Balaban J connectivity index is 2.41. The second kappa shape index (κ2) is 8.31. The molecule has 0 heterocycles. The van der Waals surface area contributed by atoms with Crippen molar-refractivity contribution < 1.29 is 9.84 Å². The molecule has 0 amide bonds. The van der Waals surface area contributed by atoms with Gasteiger partial charge in [0.15, 0.2) is 0 Å². The van der Waals surface area contributed by atoms with Gasteiger partial charge in [0.25, 0.3) is 0 Å². The summed E-state index contributed by atoms with van der Waals surface area (Å²) >= 11 is 0. The molecule has 0 spiro atoms. The quantitative estimate of drug-likeness (QED) is 0.703. The maximum absolute atomic E-state index is 9.11. The number of benzene rings is 1. The number of aliphatic hydroxyl groups excluding tert-OH is 1. The van der Waals surface area contributed by atoms with E-state index in [1.807, 2.05) is 24.3 Å². The zero-order valence-corrected chi connectivity index (χ0v) is 13.5. The van der Waals surface area contributed by atoms with Gasteiger partial charge in [0.1, 0.15) is 5.75 Å². The Labute approximate surface area is 124 Å². The van der Waals surface area contributed by atoms with Crippen LogP contribution in [-0.4, -0.2) is 11.7 Å². The highest BCUT2D eigenvalue weighted by atomic mass is 16.5. The molecule has 2 heteroatoms. The van der Waals surface area contributed by atoms with E-state index in [1.165, 1.54) is 19.3 Å². The third-order valence-electron chi connectivity index (χ3n) is 4.25. The molecule has 2 nitrogen and oxygen atoms in total. The Morgan fingerprint density at radius 3 is 2.60 bits per heavy atom. The van der Waals surface area contributed by atoms with E-state index in [9.17, 15) is 0 Å². The summed E-state index contributed by atoms with van der Waals surface area (Å²) in [5, 5.41) is 9.11. The fourth-order valence-electron chi connectivity index (χ4n) is 2.45. The van der Waals surface area contributed by atoms with Crippen LogP contribution in [0.5, 0.6) is 5.75 Å². The molecule has 114 valence electrons. The summed E-state index contributed by atoms with van der Waals surface area (Å²) in [5.74, 6) is 1.59. The van der Waals surface area contributed by atoms with Crippen LogP contribution >= 0.6 is 0 Å². The van der Waals surface area contributed by atoms with Gasteiger partial charge in [0.2, 0.25) is 0 Å². The molecular weight excluding hydrogens is 248 g/mol. The number of hydrogen-bond acceptors (Lipinski definition) is 2. The third kappa shape index (κ3) is 5.96. The third-order valence-corrected chi connectivity index (χ3v) is 4.25. The molecule has 1 atom stereocenters. The molecule has 1 aromatic carbocycles. The second-order valence-corrected chi connectivity index (χ2v) is 6.44. The van der Waals surface area contributed by atoms with Crippen LogP contribution in [0, 0.1) is 11.3 Å². The topological polar surface area (TPSA) is 29.5 Å². The number of ether oxygens (including phenoxy) is 1. The lowest BCUT2D eigenvalue weighted by Gasteiger charge is -2.28. The first-order valence-corrected chi connectivity index (χ1v) is 7.83. The normalized spacial score (nSPS) is 13.2. The van der Waals surface area contributed by atoms with Crippen molar-refractivity contribution in [2.45, 2.75) is 60.0 Å². The van der Waals surface area contributed by atoms with Gasteiger partial charge in [-0.1, -0.05) is 52.7 Å². The van der Waals surface area contributed by atoms with E-state index >= 15 is 0 Å². The lowest BCUT2D eigenvalue weighted by atomic mass is 9.79. The minimum atomic E-state index is 0.0689. The average Bonchev–Trinajstić information content (AvgIpc) is 2.46. The lowest BCUT2D eigenvalue weighted by Crippen LogP contribution is -2.17. The first-order chi connectivity index (χ1) is 9.50. The number of hydrogen-bond donors (Lipinski definition) is 1. The van der Waals surface area contributed by atoms with Gasteiger partial charge >= 0.3 is 0 Å². The predicted octanol–water partition coefficient (Wildman–Crippen LogP) is 4.80. The lowest BCUT2D eigenvalue weighted by molar-refractivity contribution is 0.208. The van der Waals surface area contributed by atoms with E-state index in [2.05, 4.69) is 27.7 Å². The number of aliphatic hydroxyl groups is 1. The highest BCUT2D eigenvalue weighted by molar-refractivity contribution is 5.27. The molecule has 1 rings (SSSR count). The summed E-state index contributed by atoms with van der Waals surface area (Å²) in [6, 6.07) is 7.71. The van der Waals surface area contributed by atoms with E-state index in [1.54, 1.807) is 0 Å². The highest BCUT2D eigenvalue weighted by Gasteiger charge is 2.20. The molecule has 0 aromatic heterocycles. The molecule has 0 aliphatic carbocycles. The van der Waals surface area contributed by atoms with Crippen LogP contribution in [0.25, 0.3) is 0 Å². The van der Waals surface area contributed by atoms with Gasteiger partial charge in [-0.2, -0.15) is 0 Å². The highest BCUT2D eigenvalue weighted by Crippen LogP contribution is 2.31. The van der Waals surface area contributed by atoms with Crippen molar-refractivity contribution in [3.63, 3.8) is 0 Å². The van der Waals surface area contributed by atoms with Crippen molar-refractivity contribution in [3.05, 3.63) is 29.8 Å². The monoisotopic (exact) mass is 278 g/mol. The van der Waals surface area contributed by atoms with Crippen molar-refractivity contribution in [2.24, 2.45) is 11.3 Å². The molecule has 1 N–H and O–H groups in total. The molecule has 0 aliphatic heterocycles. The summed E-state index contributed by atoms with van der Waals surface area (Å²) < 4.78 is 5.82. The molecule has 0 saturated heterocycles. The van der Waals surface area contributed by atoms with Crippen molar-refractivity contribution in [3.8, 4) is 5.75 Å². The van der Waals surface area contributed by atoms with Gasteiger partial charge in [-0.3, -0.25) is 0 Å². The maximum Gasteiger partial charge on any atom is 0.119 e. The van der Waals surface area contributed by atoms with Crippen LogP contribution in [0.15, 0.2) is 24.3 Å². The van der Waals surface area contributed by atoms with E-state index in [0.717, 1.165) is 30.3 Å². The van der Waals surface area contributed by atoms with Crippen LogP contribution in [0.2, 0.25) is 0 Å². The summed E-state index contributed by atoms with van der Waals surface area (Å²) in [6.45, 7) is 10.1. The molecular formula is C18H30O2. The Kier molecular flexibility index (Phi) is 7.08. The average molecular weight is 278 g/mol. The van der Waals surface area contributed by atoms with Crippen molar-refractivity contribution >= 4 is 0 Å². The summed E-state index contributed by atoms with van der Waals surface area (Å²) in [6.07, 6.45) is 4.80. The summed E-state index contributed by atoms with van der Waals surface area (Å²) in [7, 11) is 0. The van der Waals surface area contributed by atoms with Crippen LogP contribution < -0.4 is 4.74 Å². The van der Waals surface area contributed by atoms with Crippen molar-refractivity contribution in [1.29, 1.82) is 0 Å². The minimum absolute atomic E-state index is 0.0689. The van der Waals surface area contributed by atoms with E-state index in [-0.39, 0.29) is 6.61 Å². The van der Waals surface area contributed by atoms with Gasteiger partial charge < -0.3 is 9.84 Å². The van der Waals surface area contributed by atoms with Crippen LogP contribution in [-0.2, 0) is 6.61 Å². The fourth-order valence-corrected chi connectivity index (χ4v) is 2.45. The fraction of sp³-hybridized carbons (Fsp3) is 0.667. The molecule has 0 aliphatic rings. The molecule has 0 bridgehead atoms. The Bertz CT molecular complexity index is 385. The smallest absolute Gasteiger partial charge is 0.119 e. The molecule has 1 aromatic rings. The predicted molar refractivity (Wildman–Crippen MR) is 84.9 cm³/mol. The Hall–Kier alpha value is -1.02. The first kappa shape index (κ1) is 17.0. The van der Waals surface area contributed by atoms with Crippen LogP contribution in [0.1, 0.15) is 58.9 Å². The first-order valence-electron chi connectivity index (χ1n) is 7.83. The Morgan fingerprint density at radius 1 is 1.25 bits per heavy atom. The van der Waals surface area contributed by atoms with E-state index < -0.39 is 0 Å². The van der Waals surface area contributed by atoms with Crippen LogP contribution in [0.4, 0.5) is 0 Å². The Morgan fingerprint density at radius 2 is 2.00 bits per heavy atom. The molecule has 0 saturated carbocycles. The molecule has 0 radical (unpaired) electrons. The van der Waals surface area contributed by atoms with Crippen LogP contribution in [0.3, 0.4) is 0 Å². The summed E-state index contributed by atoms with van der Waals surface area (Å²) in [5.41, 5.74) is 1.33. The maximum atomic E-state index is 9.11. The SMILES string of the molecule is CCC(CCOc1cccc(CO)c1)CC(C)(C)CC.